The van der Waals surface area contributed by atoms with Crippen molar-refractivity contribution in [2.75, 3.05) is 13.6 Å². The second-order valence-electron chi connectivity index (χ2n) is 7.66. The van der Waals surface area contributed by atoms with Gasteiger partial charge in [-0.15, -0.1) is 0 Å². The van der Waals surface area contributed by atoms with Crippen molar-refractivity contribution in [2.24, 2.45) is 10.9 Å². The van der Waals surface area contributed by atoms with Crippen LogP contribution in [0.1, 0.15) is 69.4 Å². The Kier molecular flexibility index (Phi) is 7.82. The van der Waals surface area contributed by atoms with Crippen LogP contribution in [-0.2, 0) is 12.8 Å². The van der Waals surface area contributed by atoms with Crippen molar-refractivity contribution in [1.29, 1.82) is 0 Å². The third-order valence-corrected chi connectivity index (χ3v) is 4.33. The monoisotopic (exact) mass is 371 g/mol. The summed E-state index contributed by atoms with van der Waals surface area (Å²) in [6, 6.07) is 8.97. The molecule has 0 spiro atoms. The summed E-state index contributed by atoms with van der Waals surface area (Å²) in [7, 11) is 1.78. The SMILES string of the molecule is CN=C(NCCc1nc(C(C)C)no1)NC(C)c1ccc(CC(C)C)cc1. The maximum Gasteiger partial charge on any atom is 0.228 e. The van der Waals surface area contributed by atoms with Gasteiger partial charge in [0, 0.05) is 25.9 Å². The molecule has 0 bridgehead atoms. The number of rotatable bonds is 8. The van der Waals surface area contributed by atoms with Gasteiger partial charge < -0.3 is 15.2 Å². The van der Waals surface area contributed by atoms with E-state index in [9.17, 15) is 0 Å². The Morgan fingerprint density at radius 1 is 1.11 bits per heavy atom. The van der Waals surface area contributed by atoms with E-state index in [1.807, 2.05) is 0 Å². The molecule has 0 aliphatic rings. The molecular weight excluding hydrogens is 338 g/mol. The first kappa shape index (κ1) is 20.9. The molecule has 0 aliphatic carbocycles. The molecule has 1 heterocycles. The number of hydrogen-bond acceptors (Lipinski definition) is 4. The molecular formula is C21H33N5O. The highest BCUT2D eigenvalue weighted by Crippen LogP contribution is 2.15. The fourth-order valence-electron chi connectivity index (χ4n) is 2.79. The molecule has 148 valence electrons. The van der Waals surface area contributed by atoms with Crippen molar-refractivity contribution in [2.45, 2.75) is 59.4 Å². The van der Waals surface area contributed by atoms with E-state index < -0.39 is 0 Å². The second-order valence-corrected chi connectivity index (χ2v) is 7.66. The molecule has 2 N–H and O–H groups in total. The van der Waals surface area contributed by atoms with E-state index in [1.165, 1.54) is 11.1 Å². The number of hydrogen-bond donors (Lipinski definition) is 2. The quantitative estimate of drug-likeness (QED) is 0.544. The van der Waals surface area contributed by atoms with E-state index in [-0.39, 0.29) is 12.0 Å². The number of nitrogens with one attached hydrogen (secondary N) is 2. The van der Waals surface area contributed by atoms with Crippen molar-refractivity contribution >= 4 is 5.96 Å². The first-order valence-electron chi connectivity index (χ1n) is 9.77. The Morgan fingerprint density at radius 3 is 2.37 bits per heavy atom. The molecule has 2 aromatic rings. The Balaban J connectivity index is 1.82. The second kappa shape index (κ2) is 10.1. The summed E-state index contributed by atoms with van der Waals surface area (Å²) in [6.07, 6.45) is 1.78. The third kappa shape index (κ3) is 6.70. The molecule has 1 aromatic carbocycles. The molecule has 6 heteroatoms. The average molecular weight is 372 g/mol. The number of benzene rings is 1. The highest BCUT2D eigenvalue weighted by molar-refractivity contribution is 5.80. The summed E-state index contributed by atoms with van der Waals surface area (Å²) in [5.74, 6) is 3.11. The number of guanidine groups is 1. The van der Waals surface area contributed by atoms with Gasteiger partial charge in [-0.05, 0) is 30.4 Å². The lowest BCUT2D eigenvalue weighted by molar-refractivity contribution is 0.371. The molecule has 1 unspecified atom stereocenters. The van der Waals surface area contributed by atoms with Crippen LogP contribution in [0.4, 0.5) is 0 Å². The van der Waals surface area contributed by atoms with Gasteiger partial charge in [0.1, 0.15) is 0 Å². The Bertz CT molecular complexity index is 718. The Hall–Kier alpha value is -2.37. The van der Waals surface area contributed by atoms with E-state index in [0.717, 1.165) is 18.2 Å². The van der Waals surface area contributed by atoms with E-state index in [0.29, 0.717) is 24.8 Å². The van der Waals surface area contributed by atoms with Crippen LogP contribution in [0, 0.1) is 5.92 Å². The van der Waals surface area contributed by atoms with E-state index >= 15 is 0 Å². The predicted octanol–water partition coefficient (Wildman–Crippen LogP) is 3.86. The van der Waals surface area contributed by atoms with E-state index in [4.69, 9.17) is 4.52 Å². The van der Waals surface area contributed by atoms with Gasteiger partial charge in [0.2, 0.25) is 5.89 Å². The van der Waals surface area contributed by atoms with Gasteiger partial charge in [0.15, 0.2) is 11.8 Å². The fraction of sp³-hybridized carbons (Fsp3) is 0.571. The normalized spacial score (nSPS) is 13.3. The zero-order valence-corrected chi connectivity index (χ0v) is 17.4. The molecule has 0 aliphatic heterocycles. The van der Waals surface area contributed by atoms with Crippen LogP contribution >= 0.6 is 0 Å². The predicted molar refractivity (Wildman–Crippen MR) is 110 cm³/mol. The van der Waals surface area contributed by atoms with Gasteiger partial charge in [-0.3, -0.25) is 4.99 Å². The van der Waals surface area contributed by atoms with Crippen LogP contribution in [-0.4, -0.2) is 29.7 Å². The molecule has 6 nitrogen and oxygen atoms in total. The van der Waals surface area contributed by atoms with Crippen LogP contribution < -0.4 is 10.6 Å². The largest absolute Gasteiger partial charge is 0.356 e. The summed E-state index contributed by atoms with van der Waals surface area (Å²) in [5.41, 5.74) is 2.62. The maximum atomic E-state index is 5.27. The van der Waals surface area contributed by atoms with Crippen LogP contribution in [0.3, 0.4) is 0 Å². The number of aromatic nitrogens is 2. The van der Waals surface area contributed by atoms with Gasteiger partial charge in [-0.2, -0.15) is 4.98 Å². The van der Waals surface area contributed by atoms with Crippen molar-refractivity contribution in [3.63, 3.8) is 0 Å². The molecule has 2 rings (SSSR count). The van der Waals surface area contributed by atoms with Crippen LogP contribution in [0.15, 0.2) is 33.8 Å². The fourth-order valence-corrected chi connectivity index (χ4v) is 2.79. The lowest BCUT2D eigenvalue weighted by Crippen LogP contribution is -2.39. The summed E-state index contributed by atoms with van der Waals surface area (Å²) < 4.78 is 5.27. The van der Waals surface area contributed by atoms with Crippen LogP contribution in [0.25, 0.3) is 0 Å². The minimum atomic E-state index is 0.167. The molecule has 0 saturated heterocycles. The summed E-state index contributed by atoms with van der Waals surface area (Å²) >= 11 is 0. The highest BCUT2D eigenvalue weighted by Gasteiger charge is 2.11. The minimum absolute atomic E-state index is 0.167. The number of aliphatic imine (C=N–C) groups is 1. The van der Waals surface area contributed by atoms with Gasteiger partial charge >= 0.3 is 0 Å². The van der Waals surface area contributed by atoms with Crippen molar-refractivity contribution in [3.05, 3.63) is 47.1 Å². The summed E-state index contributed by atoms with van der Waals surface area (Å²) in [5, 5.41) is 10.7. The average Bonchev–Trinajstić information content (AvgIpc) is 3.10. The zero-order valence-electron chi connectivity index (χ0n) is 17.4. The van der Waals surface area contributed by atoms with Gasteiger partial charge in [-0.1, -0.05) is 57.1 Å². The Labute approximate surface area is 162 Å². The van der Waals surface area contributed by atoms with Crippen molar-refractivity contribution in [3.8, 4) is 0 Å². The standard InChI is InChI=1S/C21H33N5O/c1-14(2)13-17-7-9-18(10-8-17)16(5)24-21(22-6)23-12-11-19-25-20(15(3)4)26-27-19/h7-10,14-16H,11-13H2,1-6H3,(H2,22,23,24). The Morgan fingerprint density at radius 2 is 1.81 bits per heavy atom. The molecule has 0 fully saturated rings. The van der Waals surface area contributed by atoms with Crippen molar-refractivity contribution in [1.82, 2.24) is 20.8 Å². The smallest absolute Gasteiger partial charge is 0.228 e. The first-order chi connectivity index (χ1) is 12.9. The third-order valence-electron chi connectivity index (χ3n) is 4.33. The van der Waals surface area contributed by atoms with Crippen LogP contribution in [0.2, 0.25) is 0 Å². The van der Waals surface area contributed by atoms with Crippen molar-refractivity contribution < 1.29 is 4.52 Å². The lowest BCUT2D eigenvalue weighted by Gasteiger charge is -2.18. The summed E-state index contributed by atoms with van der Waals surface area (Å²) in [4.78, 5) is 8.69. The topological polar surface area (TPSA) is 75.3 Å². The molecule has 0 saturated carbocycles. The minimum Gasteiger partial charge on any atom is -0.356 e. The highest BCUT2D eigenvalue weighted by atomic mass is 16.5. The van der Waals surface area contributed by atoms with Gasteiger partial charge in [0.05, 0.1) is 6.04 Å². The van der Waals surface area contributed by atoms with Crippen LogP contribution in [0.5, 0.6) is 0 Å². The van der Waals surface area contributed by atoms with Gasteiger partial charge in [-0.25, -0.2) is 0 Å². The maximum absolute atomic E-state index is 5.27. The lowest BCUT2D eigenvalue weighted by atomic mass is 10.00. The summed E-state index contributed by atoms with van der Waals surface area (Å²) in [6.45, 7) is 11.4. The zero-order chi connectivity index (χ0) is 19.8. The first-order valence-corrected chi connectivity index (χ1v) is 9.77. The molecule has 0 amide bonds. The molecule has 0 radical (unpaired) electrons. The van der Waals surface area contributed by atoms with E-state index in [1.54, 1.807) is 7.05 Å². The number of nitrogens with zero attached hydrogens (tertiary/aromatic N) is 3. The molecule has 27 heavy (non-hydrogen) atoms. The molecule has 1 atom stereocenters. The molecule has 1 aromatic heterocycles. The van der Waals surface area contributed by atoms with Gasteiger partial charge in [0.25, 0.3) is 0 Å². The van der Waals surface area contributed by atoms with E-state index in [2.05, 4.69) is 84.7 Å².